The minimum atomic E-state index is -2.04. The highest BCUT2D eigenvalue weighted by Gasteiger charge is 2.55. The van der Waals surface area contributed by atoms with Crippen molar-refractivity contribution in [3.63, 3.8) is 0 Å². The zero-order valence-corrected chi connectivity index (χ0v) is 28.9. The molecule has 43 heavy (non-hydrogen) atoms. The van der Waals surface area contributed by atoms with Crippen LogP contribution in [0.2, 0.25) is 0 Å². The van der Waals surface area contributed by atoms with E-state index in [4.69, 9.17) is 8.85 Å². The van der Waals surface area contributed by atoms with Crippen LogP contribution in [0.4, 0.5) is 0 Å². The second kappa shape index (κ2) is 13.5. The van der Waals surface area contributed by atoms with Gasteiger partial charge in [-0.05, 0) is 43.9 Å². The minimum absolute atomic E-state index is 0.0205. The van der Waals surface area contributed by atoms with Crippen LogP contribution in [-0.2, 0) is 8.85 Å². The van der Waals surface area contributed by atoms with Crippen LogP contribution in [0.25, 0.3) is 0 Å². The molecule has 0 aliphatic heterocycles. The van der Waals surface area contributed by atoms with Gasteiger partial charge in [0.2, 0.25) is 18.1 Å². The lowest BCUT2D eigenvalue weighted by Gasteiger charge is -2.55. The molecule has 1 N–H and O–H groups in total. The smallest absolute Gasteiger partial charge is 0.240 e. The number of aliphatic hydroxyl groups excluding tert-OH is 1. The molecule has 0 saturated heterocycles. The highest BCUT2D eigenvalue weighted by Crippen LogP contribution is 2.50. The van der Waals surface area contributed by atoms with Gasteiger partial charge in [0.25, 0.3) is 0 Å². The van der Waals surface area contributed by atoms with Crippen molar-refractivity contribution >= 4 is 38.8 Å². The Morgan fingerprint density at radius 3 is 1.12 bits per heavy atom. The van der Waals surface area contributed by atoms with Crippen LogP contribution in [-0.4, -0.2) is 41.5 Å². The monoisotopic (exact) mass is 608 g/mol. The summed E-state index contributed by atoms with van der Waals surface area (Å²) in [6, 6.07) is 42.9. The maximum atomic E-state index is 11.5. The highest BCUT2D eigenvalue weighted by molar-refractivity contribution is 6.80. The third-order valence-electron chi connectivity index (χ3n) is 8.87. The Hall–Kier alpha value is -2.81. The molecule has 1 aliphatic carbocycles. The number of hydrogen-bond donors (Lipinski definition) is 1. The highest BCUT2D eigenvalue weighted by atomic mass is 28.3. The molecule has 4 aromatic carbocycles. The fourth-order valence-electron chi connectivity index (χ4n) is 6.76. The number of rotatable bonds is 10. The minimum Gasteiger partial charge on any atom is -0.407 e. The Balaban J connectivity index is 1.51. The summed E-state index contributed by atoms with van der Waals surface area (Å²) in [5, 5.41) is 16.6. The zero-order valence-electron chi connectivity index (χ0n) is 26.6. The van der Waals surface area contributed by atoms with Gasteiger partial charge in [-0.15, -0.1) is 0 Å². The molecular formula is C38H48O3Si2. The predicted molar refractivity (Wildman–Crippen MR) is 185 cm³/mol. The van der Waals surface area contributed by atoms with E-state index in [1.54, 1.807) is 0 Å². The van der Waals surface area contributed by atoms with Crippen LogP contribution in [0.5, 0.6) is 0 Å². The summed E-state index contributed by atoms with van der Waals surface area (Å²) in [5.41, 5.74) is -0.284. The van der Waals surface area contributed by atoms with Gasteiger partial charge in [0.1, 0.15) is 0 Å². The first kappa shape index (κ1) is 31.6. The summed E-state index contributed by atoms with van der Waals surface area (Å²) in [6.07, 6.45) is 0.161. The van der Waals surface area contributed by atoms with Crippen molar-refractivity contribution in [2.24, 2.45) is 22.7 Å². The second-order valence-corrected chi connectivity index (χ2v) is 19.0. The van der Waals surface area contributed by atoms with Crippen molar-refractivity contribution in [1.29, 1.82) is 0 Å². The molecule has 0 heterocycles. The standard InChI is InChI=1S/C38H48O3Si2/c1-37(2,3)35(40-42(28-19-11-7-12-20-28)29-21-13-8-14-22-29)32-27-33(39)34(32)36(38(4,5)6)41-43(30-23-15-9-16-24-30)31-25-17-10-18-26-31/h7-26,32-36,39,42-43H,27H2,1-6H3/t32-,33+,34-,35?,36?/m0/s1. The fourth-order valence-corrected chi connectivity index (χ4v) is 12.2. The number of aliphatic hydroxyl groups is 1. The van der Waals surface area contributed by atoms with E-state index in [2.05, 4.69) is 163 Å². The van der Waals surface area contributed by atoms with Gasteiger partial charge in [0.15, 0.2) is 0 Å². The SMILES string of the molecule is CC(C)(C)C(O[SiH](c1ccccc1)c1ccccc1)[C@@H]1[C@H](O)C[C@@H]1C(O[SiH](c1ccccc1)c1ccccc1)C(C)(C)C. The van der Waals surface area contributed by atoms with Crippen molar-refractivity contribution in [2.75, 3.05) is 0 Å². The maximum Gasteiger partial charge on any atom is 0.240 e. The summed E-state index contributed by atoms with van der Waals surface area (Å²) < 4.78 is 14.8. The first-order valence-electron chi connectivity index (χ1n) is 15.7. The molecule has 0 radical (unpaired) electrons. The Kier molecular flexibility index (Phi) is 9.89. The van der Waals surface area contributed by atoms with Crippen LogP contribution >= 0.6 is 0 Å². The van der Waals surface area contributed by atoms with Crippen LogP contribution in [0.3, 0.4) is 0 Å². The first-order chi connectivity index (χ1) is 20.5. The van der Waals surface area contributed by atoms with E-state index >= 15 is 0 Å². The van der Waals surface area contributed by atoms with E-state index in [-0.39, 0.29) is 34.9 Å². The molecule has 2 unspecified atom stereocenters. The molecule has 226 valence electrons. The molecule has 0 aromatic heterocycles. The average Bonchev–Trinajstić information content (AvgIpc) is 2.99. The normalized spacial score (nSPS) is 20.5. The first-order valence-corrected chi connectivity index (χ1v) is 19.0. The van der Waals surface area contributed by atoms with E-state index in [9.17, 15) is 5.11 Å². The second-order valence-electron chi connectivity index (χ2n) is 14.3. The molecule has 4 aromatic rings. The summed E-state index contributed by atoms with van der Waals surface area (Å²) in [6.45, 7) is 13.7. The maximum absolute atomic E-state index is 11.5. The van der Waals surface area contributed by atoms with Gasteiger partial charge in [-0.2, -0.15) is 0 Å². The summed E-state index contributed by atoms with van der Waals surface area (Å²) in [7, 11) is -4.05. The third kappa shape index (κ3) is 7.47. The molecule has 5 heteroatoms. The number of benzene rings is 4. The van der Waals surface area contributed by atoms with Crippen LogP contribution in [0.15, 0.2) is 121 Å². The number of hydrogen-bond acceptors (Lipinski definition) is 3. The van der Waals surface area contributed by atoms with Crippen molar-refractivity contribution in [2.45, 2.75) is 66.3 Å². The van der Waals surface area contributed by atoms with Crippen LogP contribution < -0.4 is 20.7 Å². The van der Waals surface area contributed by atoms with Gasteiger partial charge >= 0.3 is 0 Å². The fraction of sp³-hybridized carbons (Fsp3) is 0.368. The van der Waals surface area contributed by atoms with E-state index in [0.29, 0.717) is 0 Å². The summed E-state index contributed by atoms with van der Waals surface area (Å²) >= 11 is 0. The van der Waals surface area contributed by atoms with Crippen molar-refractivity contribution in [3.05, 3.63) is 121 Å². The molecule has 5 atom stereocenters. The van der Waals surface area contributed by atoms with Crippen LogP contribution in [0, 0.1) is 22.7 Å². The molecule has 0 bridgehead atoms. The topological polar surface area (TPSA) is 38.7 Å². The summed E-state index contributed by atoms with van der Waals surface area (Å²) in [4.78, 5) is 0. The largest absolute Gasteiger partial charge is 0.407 e. The third-order valence-corrected chi connectivity index (χ3v) is 14.0. The molecule has 3 nitrogen and oxygen atoms in total. The lowest BCUT2D eigenvalue weighted by atomic mass is 9.58. The van der Waals surface area contributed by atoms with Gasteiger partial charge in [-0.25, -0.2) is 0 Å². The van der Waals surface area contributed by atoms with E-state index in [1.807, 2.05) is 0 Å². The lowest BCUT2D eigenvalue weighted by Crippen LogP contribution is -2.63. The molecule has 1 aliphatic rings. The van der Waals surface area contributed by atoms with Crippen molar-refractivity contribution < 1.29 is 14.0 Å². The molecular weight excluding hydrogens is 561 g/mol. The van der Waals surface area contributed by atoms with Gasteiger partial charge in [-0.1, -0.05) is 163 Å². The predicted octanol–water partition coefficient (Wildman–Crippen LogP) is 4.92. The molecule has 1 saturated carbocycles. The van der Waals surface area contributed by atoms with Crippen molar-refractivity contribution in [3.8, 4) is 0 Å². The lowest BCUT2D eigenvalue weighted by molar-refractivity contribution is -0.164. The van der Waals surface area contributed by atoms with E-state index in [1.165, 1.54) is 20.7 Å². The van der Waals surface area contributed by atoms with Gasteiger partial charge < -0.3 is 14.0 Å². The van der Waals surface area contributed by atoms with E-state index in [0.717, 1.165) is 6.42 Å². The van der Waals surface area contributed by atoms with Crippen molar-refractivity contribution in [1.82, 2.24) is 0 Å². The van der Waals surface area contributed by atoms with Crippen LogP contribution in [0.1, 0.15) is 48.0 Å². The molecule has 1 fully saturated rings. The molecule has 0 spiro atoms. The summed E-state index contributed by atoms with van der Waals surface area (Å²) in [5.74, 6) is 0.163. The Morgan fingerprint density at radius 2 is 0.837 bits per heavy atom. The zero-order chi connectivity index (χ0) is 30.6. The molecule has 0 amide bonds. The van der Waals surface area contributed by atoms with Gasteiger partial charge in [0, 0.05) is 5.92 Å². The Labute approximate surface area is 262 Å². The van der Waals surface area contributed by atoms with Gasteiger partial charge in [-0.3, -0.25) is 0 Å². The van der Waals surface area contributed by atoms with Gasteiger partial charge in [0.05, 0.1) is 18.3 Å². The average molecular weight is 609 g/mol. The quantitative estimate of drug-likeness (QED) is 0.260. The molecule has 5 rings (SSSR count). The Morgan fingerprint density at radius 1 is 0.535 bits per heavy atom. The Bertz CT molecular complexity index is 1320. The van der Waals surface area contributed by atoms with E-state index < -0.39 is 24.2 Å².